The topological polar surface area (TPSA) is 103 Å². The lowest BCUT2D eigenvalue weighted by Crippen LogP contribution is -2.00. The Kier molecular flexibility index (Phi) is 11.0. The van der Waals surface area contributed by atoms with Crippen LogP contribution in [0.25, 0.3) is 113 Å². The third-order valence-electron chi connectivity index (χ3n) is 11.6. The molecular weight excluding hydrogens is 821 g/mol. The van der Waals surface area contributed by atoms with Crippen molar-refractivity contribution in [2.24, 2.45) is 0 Å². The van der Waals surface area contributed by atoms with E-state index in [1.807, 2.05) is 134 Å². The zero-order chi connectivity index (χ0) is 44.9. The van der Waals surface area contributed by atoms with Crippen molar-refractivity contribution >= 4 is 0 Å². The van der Waals surface area contributed by atoms with Gasteiger partial charge in [0.15, 0.2) is 34.9 Å². The van der Waals surface area contributed by atoms with Crippen LogP contribution in [-0.2, 0) is 0 Å². The summed E-state index contributed by atoms with van der Waals surface area (Å²) in [7, 11) is 0. The van der Waals surface area contributed by atoms with E-state index in [0.29, 0.717) is 34.9 Å². The van der Waals surface area contributed by atoms with Crippen LogP contribution in [0.5, 0.6) is 0 Å². The molecule has 0 fully saturated rings. The van der Waals surface area contributed by atoms with Crippen molar-refractivity contribution in [3.05, 3.63) is 230 Å². The van der Waals surface area contributed by atoms with Gasteiger partial charge in [-0.05, 0) is 59.5 Å². The van der Waals surface area contributed by atoms with Crippen LogP contribution in [0.3, 0.4) is 0 Å². The molecule has 0 aliphatic heterocycles. The number of benzene rings is 7. The highest BCUT2D eigenvalue weighted by molar-refractivity contribution is 5.87. The summed E-state index contributed by atoms with van der Waals surface area (Å²) in [5, 5.41) is 0. The van der Waals surface area contributed by atoms with Crippen LogP contribution >= 0.6 is 0 Å². The maximum atomic E-state index is 5.03. The van der Waals surface area contributed by atoms with Crippen LogP contribution in [-0.4, -0.2) is 39.9 Å². The number of hydrogen-bond donors (Lipinski definition) is 0. The molecule has 0 N–H and O–H groups in total. The molecule has 11 rings (SSSR count). The average Bonchev–Trinajstić information content (AvgIpc) is 3.41. The van der Waals surface area contributed by atoms with Crippen LogP contribution in [0.1, 0.15) is 5.69 Å². The molecule has 4 aromatic heterocycles. The number of aryl methyl sites for hydroxylation is 1. The summed E-state index contributed by atoms with van der Waals surface area (Å²) in [6, 6.07) is 73.8. The Hall–Kier alpha value is -9.14. The minimum absolute atomic E-state index is 0.591. The smallest absolute Gasteiger partial charge is 0.164 e. The molecule has 316 valence electrons. The second-order valence-corrected chi connectivity index (χ2v) is 16.1. The zero-order valence-electron chi connectivity index (χ0n) is 36.4. The third-order valence-corrected chi connectivity index (χ3v) is 11.6. The van der Waals surface area contributed by atoms with E-state index in [2.05, 4.69) is 96.0 Å². The Morgan fingerprint density at radius 3 is 1.04 bits per heavy atom. The van der Waals surface area contributed by atoms with Gasteiger partial charge in [0, 0.05) is 56.4 Å². The predicted octanol–water partition coefficient (Wildman–Crippen LogP) is 13.8. The van der Waals surface area contributed by atoms with Crippen molar-refractivity contribution in [1.82, 2.24) is 39.9 Å². The van der Waals surface area contributed by atoms with Crippen molar-refractivity contribution in [3.63, 3.8) is 0 Å². The molecule has 7 aromatic carbocycles. The second kappa shape index (κ2) is 18.2. The van der Waals surface area contributed by atoms with E-state index in [-0.39, 0.29) is 0 Å². The fourth-order valence-corrected chi connectivity index (χ4v) is 8.10. The minimum atomic E-state index is 0.591. The molecule has 0 radical (unpaired) electrons. The monoisotopic (exact) mass is 860 g/mol. The summed E-state index contributed by atoms with van der Waals surface area (Å²) < 4.78 is 0. The van der Waals surface area contributed by atoms with E-state index >= 15 is 0 Å². The third kappa shape index (κ3) is 8.75. The summed E-state index contributed by atoms with van der Waals surface area (Å²) in [4.78, 5) is 39.2. The van der Waals surface area contributed by atoms with Crippen molar-refractivity contribution in [2.75, 3.05) is 0 Å². The Morgan fingerprint density at radius 1 is 0.239 bits per heavy atom. The Morgan fingerprint density at radius 2 is 0.612 bits per heavy atom. The molecule has 8 nitrogen and oxygen atoms in total. The van der Waals surface area contributed by atoms with Crippen LogP contribution in [0.2, 0.25) is 0 Å². The highest BCUT2D eigenvalue weighted by Gasteiger charge is 2.17. The maximum Gasteiger partial charge on any atom is 0.164 e. The van der Waals surface area contributed by atoms with Gasteiger partial charge in [-0.1, -0.05) is 188 Å². The predicted molar refractivity (Wildman–Crippen MR) is 268 cm³/mol. The van der Waals surface area contributed by atoms with E-state index in [1.54, 1.807) is 6.20 Å². The van der Waals surface area contributed by atoms with Gasteiger partial charge >= 0.3 is 0 Å². The first-order valence-corrected chi connectivity index (χ1v) is 22.1. The molecule has 0 unspecified atom stereocenters. The normalized spacial score (nSPS) is 11.1. The van der Waals surface area contributed by atoms with Gasteiger partial charge in [-0.25, -0.2) is 29.9 Å². The maximum absolute atomic E-state index is 5.03. The lowest BCUT2D eigenvalue weighted by Gasteiger charge is -2.14. The lowest BCUT2D eigenvalue weighted by atomic mass is 9.92. The summed E-state index contributed by atoms with van der Waals surface area (Å²) in [5.41, 5.74) is 14.5. The van der Waals surface area contributed by atoms with Crippen molar-refractivity contribution in [3.8, 4) is 113 Å². The molecule has 11 aromatic rings. The fraction of sp³-hybridized carbons (Fsp3) is 0.0169. The van der Waals surface area contributed by atoms with E-state index < -0.39 is 0 Å². The molecule has 0 spiro atoms. The van der Waals surface area contributed by atoms with Gasteiger partial charge in [0.25, 0.3) is 0 Å². The number of rotatable bonds is 10. The first-order chi connectivity index (χ1) is 33.1. The number of hydrogen-bond acceptors (Lipinski definition) is 8. The number of nitrogens with zero attached hydrogens (tertiary/aromatic N) is 8. The SMILES string of the molecule is Cc1cccc(-c2cc(-c3ccc(-c4nc(-c5ccccc5)nc(-c5ccccc5)n4)cc3)ccc2-c2ccc(-c3nc(-c4ccccc4)nc(-c4ccc(-c5ccccn5)cc4)n3)cc2)n1. The van der Waals surface area contributed by atoms with Crippen molar-refractivity contribution in [2.45, 2.75) is 6.92 Å². The van der Waals surface area contributed by atoms with E-state index in [0.717, 1.165) is 83.8 Å². The standard InChI is InChI=1S/C59H40N8/c1-39-14-13-22-53(61-39)51-38-49(40-23-29-46(30-24-40)57-63-54(43-15-5-2-6-16-43)62-55(64-57)44-17-7-3-8-18-44)35-36-50(51)41-25-31-47(32-26-41)58-65-56(45-19-9-4-10-20-45)66-59(67-58)48-33-27-42(28-34-48)52-21-11-12-37-60-52/h2-38H,1H3. The lowest BCUT2D eigenvalue weighted by molar-refractivity contribution is 1.07. The second-order valence-electron chi connectivity index (χ2n) is 16.1. The summed E-state index contributed by atoms with van der Waals surface area (Å²) in [5.74, 6) is 3.67. The van der Waals surface area contributed by atoms with Crippen LogP contribution < -0.4 is 0 Å². The van der Waals surface area contributed by atoms with Gasteiger partial charge in [0.05, 0.1) is 11.4 Å². The van der Waals surface area contributed by atoms with Crippen molar-refractivity contribution < 1.29 is 0 Å². The van der Waals surface area contributed by atoms with Crippen LogP contribution in [0.4, 0.5) is 0 Å². The van der Waals surface area contributed by atoms with E-state index in [1.165, 1.54) is 0 Å². The molecule has 0 bridgehead atoms. The number of aromatic nitrogens is 8. The Balaban J connectivity index is 0.932. The van der Waals surface area contributed by atoms with Gasteiger partial charge in [-0.2, -0.15) is 0 Å². The van der Waals surface area contributed by atoms with E-state index in [9.17, 15) is 0 Å². The summed E-state index contributed by atoms with van der Waals surface area (Å²) in [6.45, 7) is 2.02. The van der Waals surface area contributed by atoms with Crippen LogP contribution in [0.15, 0.2) is 225 Å². The summed E-state index contributed by atoms with van der Waals surface area (Å²) >= 11 is 0. The highest BCUT2D eigenvalue weighted by Crippen LogP contribution is 2.37. The fourth-order valence-electron chi connectivity index (χ4n) is 8.10. The molecule has 67 heavy (non-hydrogen) atoms. The van der Waals surface area contributed by atoms with Gasteiger partial charge < -0.3 is 0 Å². The highest BCUT2D eigenvalue weighted by atomic mass is 15.0. The first kappa shape index (κ1) is 40.6. The molecule has 0 saturated carbocycles. The van der Waals surface area contributed by atoms with Gasteiger partial charge in [0.2, 0.25) is 0 Å². The van der Waals surface area contributed by atoms with E-state index in [4.69, 9.17) is 34.9 Å². The quantitative estimate of drug-likeness (QED) is 0.134. The molecule has 0 aliphatic carbocycles. The zero-order valence-corrected chi connectivity index (χ0v) is 36.4. The molecule has 8 heteroatoms. The molecule has 0 atom stereocenters. The largest absolute Gasteiger partial charge is 0.256 e. The average molecular weight is 861 g/mol. The van der Waals surface area contributed by atoms with Gasteiger partial charge in [-0.3, -0.25) is 9.97 Å². The molecule has 0 saturated heterocycles. The molecule has 4 heterocycles. The van der Waals surface area contributed by atoms with Crippen molar-refractivity contribution in [1.29, 1.82) is 0 Å². The van der Waals surface area contributed by atoms with Gasteiger partial charge in [-0.15, -0.1) is 0 Å². The van der Waals surface area contributed by atoms with Crippen LogP contribution in [0, 0.1) is 6.92 Å². The first-order valence-electron chi connectivity index (χ1n) is 22.1. The Labute approximate surface area is 388 Å². The molecular formula is C59H40N8. The summed E-state index contributed by atoms with van der Waals surface area (Å²) in [6.07, 6.45) is 1.80. The molecule has 0 aliphatic rings. The minimum Gasteiger partial charge on any atom is -0.256 e. The molecule has 0 amide bonds. The van der Waals surface area contributed by atoms with Gasteiger partial charge in [0.1, 0.15) is 0 Å². The number of pyridine rings is 2. The Bertz CT molecular complexity index is 3420.